The monoisotopic (exact) mass is 337 g/mol. The lowest BCUT2D eigenvalue weighted by Crippen LogP contribution is -2.24. The van der Waals surface area contributed by atoms with E-state index in [0.717, 1.165) is 18.4 Å². The maximum absolute atomic E-state index is 14.7. The molecule has 128 valence electrons. The van der Waals surface area contributed by atoms with Crippen molar-refractivity contribution in [1.29, 1.82) is 0 Å². The van der Waals surface area contributed by atoms with Crippen LogP contribution in [0.25, 0.3) is 0 Å². The maximum Gasteiger partial charge on any atom is 0.336 e. The van der Waals surface area contributed by atoms with Gasteiger partial charge in [0.25, 0.3) is 0 Å². The molecule has 0 fully saturated rings. The molecule has 0 bridgehead atoms. The van der Waals surface area contributed by atoms with Gasteiger partial charge in [0.2, 0.25) is 5.91 Å². The fraction of sp³-hybridized carbons (Fsp3) is 0.294. The molecule has 1 heterocycles. The van der Waals surface area contributed by atoms with Gasteiger partial charge in [-0.1, -0.05) is 13.3 Å². The summed E-state index contributed by atoms with van der Waals surface area (Å²) >= 11 is 0. The summed E-state index contributed by atoms with van der Waals surface area (Å²) in [5.74, 6) is -6.55. The van der Waals surface area contributed by atoms with Crippen LogP contribution in [-0.4, -0.2) is 17.0 Å². The number of nitrogens with two attached hydrogens (primary N) is 1. The number of carboxylic acid groups (broad SMARTS) is 1. The minimum absolute atomic E-state index is 0.0441. The van der Waals surface area contributed by atoms with Crippen molar-refractivity contribution in [3.8, 4) is 0 Å². The third-order valence-corrected chi connectivity index (χ3v) is 3.84. The minimum Gasteiger partial charge on any atom is -0.478 e. The van der Waals surface area contributed by atoms with Crippen molar-refractivity contribution in [2.75, 3.05) is 0 Å². The van der Waals surface area contributed by atoms with E-state index < -0.39 is 29.1 Å². The first-order valence-electron chi connectivity index (χ1n) is 7.33. The van der Waals surface area contributed by atoms with Crippen LogP contribution in [0.2, 0.25) is 0 Å². The van der Waals surface area contributed by atoms with E-state index in [4.69, 9.17) is 10.2 Å². The molecule has 1 aromatic heterocycles. The number of alkyl halides is 2. The molecule has 0 radical (unpaired) electrons. The molecule has 0 spiro atoms. The summed E-state index contributed by atoms with van der Waals surface area (Å²) in [6.07, 6.45) is 1.87. The van der Waals surface area contributed by atoms with Gasteiger partial charge in [0.05, 0.1) is 11.8 Å². The molecule has 1 amide bonds. The Morgan fingerprint density at radius 3 is 2.50 bits per heavy atom. The quantitative estimate of drug-likeness (QED) is 0.844. The van der Waals surface area contributed by atoms with Gasteiger partial charge in [0.15, 0.2) is 5.76 Å². The second kappa shape index (κ2) is 6.43. The molecule has 2 rings (SSSR count). The number of benzene rings is 1. The molecule has 7 heteroatoms. The fourth-order valence-electron chi connectivity index (χ4n) is 2.79. The van der Waals surface area contributed by atoms with Gasteiger partial charge in [0, 0.05) is 11.1 Å². The standard InChI is InChI=1S/C17H17F2NO4/c1-3-5-10-11(16(22)23)8-12(9(2)14(10)15(20)21)17(18,19)13-6-4-7-24-13/h4,6-8H,3,5H2,1-2H3,(H2,20,21)(H,22,23). The summed E-state index contributed by atoms with van der Waals surface area (Å²) in [5, 5.41) is 9.39. The fourth-order valence-corrected chi connectivity index (χ4v) is 2.79. The third-order valence-electron chi connectivity index (χ3n) is 3.84. The van der Waals surface area contributed by atoms with Crippen LogP contribution in [0.15, 0.2) is 28.9 Å². The van der Waals surface area contributed by atoms with Crippen LogP contribution in [-0.2, 0) is 12.3 Å². The number of rotatable bonds is 6. The Morgan fingerprint density at radius 1 is 1.38 bits per heavy atom. The average Bonchev–Trinajstić information content (AvgIpc) is 3.01. The number of furan rings is 1. The van der Waals surface area contributed by atoms with Crippen LogP contribution in [0.4, 0.5) is 8.78 Å². The van der Waals surface area contributed by atoms with Crippen LogP contribution in [0, 0.1) is 6.92 Å². The van der Waals surface area contributed by atoms with Gasteiger partial charge in [-0.2, -0.15) is 8.78 Å². The van der Waals surface area contributed by atoms with Gasteiger partial charge in [-0.15, -0.1) is 0 Å². The second-order valence-corrected chi connectivity index (χ2v) is 5.42. The summed E-state index contributed by atoms with van der Waals surface area (Å²) in [6.45, 7) is 3.12. The summed E-state index contributed by atoms with van der Waals surface area (Å²) in [4.78, 5) is 23.3. The molecule has 0 aliphatic heterocycles. The van der Waals surface area contributed by atoms with Crippen LogP contribution in [0.3, 0.4) is 0 Å². The third kappa shape index (κ3) is 2.89. The summed E-state index contributed by atoms with van der Waals surface area (Å²) in [6, 6.07) is 3.29. The van der Waals surface area contributed by atoms with Crippen LogP contribution in [0.1, 0.15) is 56.5 Å². The van der Waals surface area contributed by atoms with Crippen molar-refractivity contribution in [1.82, 2.24) is 0 Å². The number of carbonyl (C=O) groups is 2. The van der Waals surface area contributed by atoms with Gasteiger partial charge in [-0.05, 0) is 42.7 Å². The van der Waals surface area contributed by atoms with Crippen molar-refractivity contribution in [2.24, 2.45) is 5.73 Å². The van der Waals surface area contributed by atoms with Crippen LogP contribution >= 0.6 is 0 Å². The lowest BCUT2D eigenvalue weighted by Gasteiger charge is -2.22. The van der Waals surface area contributed by atoms with E-state index >= 15 is 0 Å². The molecule has 5 nitrogen and oxygen atoms in total. The molecular weight excluding hydrogens is 320 g/mol. The van der Waals surface area contributed by atoms with Gasteiger partial charge in [0.1, 0.15) is 0 Å². The van der Waals surface area contributed by atoms with Crippen LogP contribution in [0.5, 0.6) is 0 Å². The Morgan fingerprint density at radius 2 is 2.04 bits per heavy atom. The lowest BCUT2D eigenvalue weighted by molar-refractivity contribution is 0.0181. The molecule has 0 atom stereocenters. The van der Waals surface area contributed by atoms with Gasteiger partial charge < -0.3 is 15.3 Å². The number of amides is 1. The van der Waals surface area contributed by atoms with Crippen molar-refractivity contribution in [3.63, 3.8) is 0 Å². The molecule has 0 aliphatic rings. The molecule has 0 unspecified atom stereocenters. The maximum atomic E-state index is 14.7. The molecule has 3 N–H and O–H groups in total. The number of hydrogen-bond acceptors (Lipinski definition) is 3. The van der Waals surface area contributed by atoms with E-state index in [1.165, 1.54) is 13.0 Å². The first kappa shape index (κ1) is 17.7. The highest BCUT2D eigenvalue weighted by Gasteiger charge is 2.41. The summed E-state index contributed by atoms with van der Waals surface area (Å²) in [5.41, 5.74) is 4.35. The Kier molecular flexibility index (Phi) is 4.73. The van der Waals surface area contributed by atoms with Crippen molar-refractivity contribution < 1.29 is 27.9 Å². The predicted octanol–water partition coefficient (Wildman–Crippen LogP) is 3.48. The smallest absolute Gasteiger partial charge is 0.336 e. The van der Waals surface area contributed by atoms with E-state index in [9.17, 15) is 23.5 Å². The Balaban J connectivity index is 2.83. The number of halogens is 2. The van der Waals surface area contributed by atoms with E-state index in [0.29, 0.717) is 6.42 Å². The first-order valence-corrected chi connectivity index (χ1v) is 7.33. The topological polar surface area (TPSA) is 93.5 Å². The highest BCUT2D eigenvalue weighted by Crippen LogP contribution is 2.40. The average molecular weight is 337 g/mol. The highest BCUT2D eigenvalue weighted by molar-refractivity contribution is 6.01. The van der Waals surface area contributed by atoms with Gasteiger partial charge >= 0.3 is 11.9 Å². The molecule has 24 heavy (non-hydrogen) atoms. The molecule has 0 saturated carbocycles. The van der Waals surface area contributed by atoms with Gasteiger partial charge in [-0.3, -0.25) is 4.79 Å². The zero-order valence-electron chi connectivity index (χ0n) is 13.2. The summed E-state index contributed by atoms with van der Waals surface area (Å²) < 4.78 is 34.3. The molecular formula is C17H17F2NO4. The highest BCUT2D eigenvalue weighted by atomic mass is 19.3. The van der Waals surface area contributed by atoms with Crippen LogP contribution < -0.4 is 5.73 Å². The zero-order valence-corrected chi connectivity index (χ0v) is 13.2. The summed E-state index contributed by atoms with van der Waals surface area (Å²) in [7, 11) is 0. The van der Waals surface area contributed by atoms with Crippen molar-refractivity contribution in [3.05, 3.63) is 58.0 Å². The van der Waals surface area contributed by atoms with Crippen molar-refractivity contribution >= 4 is 11.9 Å². The number of primary amides is 1. The van der Waals surface area contributed by atoms with E-state index in [-0.39, 0.29) is 28.7 Å². The normalized spacial score (nSPS) is 11.5. The minimum atomic E-state index is -3.59. The Hall–Kier alpha value is -2.70. The van der Waals surface area contributed by atoms with E-state index in [2.05, 4.69) is 0 Å². The SMILES string of the molecule is CCCc1c(C(=O)O)cc(C(F)(F)c2ccco2)c(C)c1C(N)=O. The molecule has 1 aromatic carbocycles. The Labute approximate surface area is 137 Å². The Bertz CT molecular complexity index is 782. The predicted molar refractivity (Wildman–Crippen MR) is 82.4 cm³/mol. The number of hydrogen-bond donors (Lipinski definition) is 2. The largest absolute Gasteiger partial charge is 0.478 e. The van der Waals surface area contributed by atoms with Gasteiger partial charge in [-0.25, -0.2) is 4.79 Å². The molecule has 0 saturated heterocycles. The van der Waals surface area contributed by atoms with Crippen molar-refractivity contribution in [2.45, 2.75) is 32.6 Å². The first-order chi connectivity index (χ1) is 11.2. The number of aromatic carboxylic acids is 1. The van der Waals surface area contributed by atoms with E-state index in [1.54, 1.807) is 6.92 Å². The molecule has 0 aliphatic carbocycles. The number of carbonyl (C=O) groups excluding carboxylic acids is 1. The van der Waals surface area contributed by atoms with E-state index in [1.807, 2.05) is 0 Å². The second-order valence-electron chi connectivity index (χ2n) is 5.42. The number of carboxylic acids is 1. The molecule has 2 aromatic rings. The zero-order chi connectivity index (χ0) is 18.1. The lowest BCUT2D eigenvalue weighted by atomic mass is 9.87.